The number of benzene rings is 1. The highest BCUT2D eigenvalue weighted by Gasteiger charge is 2.09. The predicted octanol–water partition coefficient (Wildman–Crippen LogP) is 3.00. The van der Waals surface area contributed by atoms with E-state index >= 15 is 0 Å². The molecule has 0 saturated carbocycles. The molecule has 0 N–H and O–H groups in total. The van der Waals surface area contributed by atoms with Crippen LogP contribution >= 0.6 is 11.6 Å². The van der Waals surface area contributed by atoms with Crippen LogP contribution in [0.5, 0.6) is 0 Å². The van der Waals surface area contributed by atoms with E-state index in [9.17, 15) is 0 Å². The summed E-state index contributed by atoms with van der Waals surface area (Å²) >= 11 is 5.80. The van der Waals surface area contributed by atoms with E-state index in [0.29, 0.717) is 31.3 Å². The molecule has 1 rings (SSSR count). The zero-order valence-electron chi connectivity index (χ0n) is 9.86. The van der Waals surface area contributed by atoms with Crippen LogP contribution in [0.3, 0.4) is 0 Å². The predicted molar refractivity (Wildman–Crippen MR) is 67.1 cm³/mol. The van der Waals surface area contributed by atoms with E-state index in [1.54, 1.807) is 19.2 Å². The third-order valence-electron chi connectivity index (χ3n) is 2.41. The average Bonchev–Trinajstić information content (AvgIpc) is 2.35. The van der Waals surface area contributed by atoms with Crippen molar-refractivity contribution in [3.8, 4) is 6.07 Å². The molecule has 0 fully saturated rings. The van der Waals surface area contributed by atoms with Gasteiger partial charge in [-0.2, -0.15) is 5.26 Å². The van der Waals surface area contributed by atoms with E-state index in [1.807, 2.05) is 12.1 Å². The average molecular weight is 254 g/mol. The molecule has 0 heterocycles. The van der Waals surface area contributed by atoms with Gasteiger partial charge in [0.2, 0.25) is 0 Å². The number of methoxy groups -OCH3 is 1. The summed E-state index contributed by atoms with van der Waals surface area (Å²) in [6, 6.07) is 9.63. The van der Waals surface area contributed by atoms with E-state index in [0.717, 1.165) is 5.56 Å². The summed E-state index contributed by atoms with van der Waals surface area (Å²) in [5, 5.41) is 9.77. The molecule has 1 atom stereocenters. The second kappa shape index (κ2) is 8.08. The van der Waals surface area contributed by atoms with Gasteiger partial charge in [-0.25, -0.2) is 0 Å². The smallest absolute Gasteiger partial charge is 0.0734 e. The van der Waals surface area contributed by atoms with E-state index in [1.165, 1.54) is 0 Å². The lowest BCUT2D eigenvalue weighted by atomic mass is 9.98. The van der Waals surface area contributed by atoms with Crippen molar-refractivity contribution in [2.45, 2.75) is 12.3 Å². The molecule has 0 radical (unpaired) electrons. The Labute approximate surface area is 107 Å². The van der Waals surface area contributed by atoms with Crippen LogP contribution in [0, 0.1) is 11.3 Å². The van der Waals surface area contributed by atoms with Gasteiger partial charge in [0.15, 0.2) is 0 Å². The minimum atomic E-state index is -0.144. The lowest BCUT2D eigenvalue weighted by molar-refractivity contribution is 0.0685. The molecule has 17 heavy (non-hydrogen) atoms. The molecule has 1 aromatic carbocycles. The summed E-state index contributed by atoms with van der Waals surface area (Å²) < 4.78 is 10.2. The lowest BCUT2D eigenvalue weighted by Crippen LogP contribution is -2.06. The number of nitrogens with zero attached hydrogens (tertiary/aromatic N) is 1. The fraction of sp³-hybridized carbons (Fsp3) is 0.462. The molecule has 0 aliphatic rings. The van der Waals surface area contributed by atoms with Crippen LogP contribution in [0.1, 0.15) is 17.9 Å². The van der Waals surface area contributed by atoms with Crippen LogP contribution in [-0.4, -0.2) is 26.9 Å². The van der Waals surface area contributed by atoms with Crippen LogP contribution < -0.4 is 0 Å². The zero-order chi connectivity index (χ0) is 12.5. The molecular formula is C13H16ClNO2. The molecule has 92 valence electrons. The van der Waals surface area contributed by atoms with Gasteiger partial charge in [0.05, 0.1) is 25.2 Å². The molecule has 4 heteroatoms. The fourth-order valence-corrected chi connectivity index (χ4v) is 1.57. The van der Waals surface area contributed by atoms with Gasteiger partial charge < -0.3 is 9.47 Å². The normalized spacial score (nSPS) is 12.1. The molecule has 0 bridgehead atoms. The van der Waals surface area contributed by atoms with Crippen molar-refractivity contribution in [1.82, 2.24) is 0 Å². The number of hydrogen-bond donors (Lipinski definition) is 0. The maximum Gasteiger partial charge on any atom is 0.0734 e. The van der Waals surface area contributed by atoms with Crippen molar-refractivity contribution >= 4 is 11.6 Å². The summed E-state index contributed by atoms with van der Waals surface area (Å²) in [4.78, 5) is 0. The maximum atomic E-state index is 9.09. The molecule has 0 amide bonds. The first-order chi connectivity index (χ1) is 8.27. The van der Waals surface area contributed by atoms with Crippen molar-refractivity contribution in [3.63, 3.8) is 0 Å². The van der Waals surface area contributed by atoms with Crippen LogP contribution in [-0.2, 0) is 9.47 Å². The highest BCUT2D eigenvalue weighted by atomic mass is 35.5. The summed E-state index contributed by atoms with van der Waals surface area (Å²) in [6.07, 6.45) is 0.682. The van der Waals surface area contributed by atoms with Crippen LogP contribution in [0.4, 0.5) is 0 Å². The summed E-state index contributed by atoms with van der Waals surface area (Å²) in [5.41, 5.74) is 0.979. The quantitative estimate of drug-likeness (QED) is 0.702. The Balaban J connectivity index is 2.39. The van der Waals surface area contributed by atoms with Crippen molar-refractivity contribution < 1.29 is 9.47 Å². The zero-order valence-corrected chi connectivity index (χ0v) is 10.6. The number of halogens is 1. The van der Waals surface area contributed by atoms with Gasteiger partial charge in [-0.3, -0.25) is 0 Å². The largest absolute Gasteiger partial charge is 0.382 e. The molecule has 1 aromatic rings. The van der Waals surface area contributed by atoms with E-state index in [2.05, 4.69) is 6.07 Å². The van der Waals surface area contributed by atoms with Crippen molar-refractivity contribution in [2.75, 3.05) is 26.9 Å². The SMILES string of the molecule is COCCOCCC(C#N)c1ccc(Cl)cc1. The first-order valence-corrected chi connectivity index (χ1v) is 5.87. The lowest BCUT2D eigenvalue weighted by Gasteiger charge is -2.09. The number of rotatable bonds is 7. The van der Waals surface area contributed by atoms with Crippen LogP contribution in [0.25, 0.3) is 0 Å². The second-order valence-electron chi connectivity index (χ2n) is 3.63. The third kappa shape index (κ3) is 5.18. The Hall–Kier alpha value is -1.08. The Morgan fingerprint density at radius 1 is 1.24 bits per heavy atom. The van der Waals surface area contributed by atoms with Gasteiger partial charge >= 0.3 is 0 Å². The molecule has 0 aliphatic heterocycles. The van der Waals surface area contributed by atoms with Gasteiger partial charge in [0, 0.05) is 18.7 Å². The molecule has 3 nitrogen and oxygen atoms in total. The summed E-state index contributed by atoms with van der Waals surface area (Å²) in [6.45, 7) is 1.71. The van der Waals surface area contributed by atoms with Crippen LogP contribution in [0.2, 0.25) is 5.02 Å². The Morgan fingerprint density at radius 3 is 2.53 bits per heavy atom. The van der Waals surface area contributed by atoms with E-state index in [-0.39, 0.29) is 5.92 Å². The Kier molecular flexibility index (Phi) is 6.64. The molecule has 0 spiro atoms. The van der Waals surface area contributed by atoms with Crippen molar-refractivity contribution in [1.29, 1.82) is 5.26 Å². The topological polar surface area (TPSA) is 42.2 Å². The third-order valence-corrected chi connectivity index (χ3v) is 2.66. The highest BCUT2D eigenvalue weighted by molar-refractivity contribution is 6.30. The van der Waals surface area contributed by atoms with Gasteiger partial charge in [0.1, 0.15) is 0 Å². The second-order valence-corrected chi connectivity index (χ2v) is 4.06. The monoisotopic (exact) mass is 253 g/mol. The van der Waals surface area contributed by atoms with Gasteiger partial charge in [-0.05, 0) is 24.1 Å². The number of hydrogen-bond acceptors (Lipinski definition) is 3. The fourth-order valence-electron chi connectivity index (χ4n) is 1.45. The molecular weight excluding hydrogens is 238 g/mol. The van der Waals surface area contributed by atoms with E-state index < -0.39 is 0 Å². The molecule has 0 saturated heterocycles. The summed E-state index contributed by atoms with van der Waals surface area (Å²) in [5.74, 6) is -0.144. The molecule has 1 unspecified atom stereocenters. The van der Waals surface area contributed by atoms with Gasteiger partial charge in [0.25, 0.3) is 0 Å². The number of ether oxygens (including phenoxy) is 2. The van der Waals surface area contributed by atoms with E-state index in [4.69, 9.17) is 26.3 Å². The first kappa shape index (κ1) is 14.0. The first-order valence-electron chi connectivity index (χ1n) is 5.49. The standard InChI is InChI=1S/C13H16ClNO2/c1-16-8-9-17-7-6-12(10-15)11-2-4-13(14)5-3-11/h2-5,12H,6-9H2,1H3. The van der Waals surface area contributed by atoms with Crippen LogP contribution in [0.15, 0.2) is 24.3 Å². The van der Waals surface area contributed by atoms with Gasteiger partial charge in [-0.1, -0.05) is 23.7 Å². The maximum absolute atomic E-state index is 9.09. The Morgan fingerprint density at radius 2 is 1.94 bits per heavy atom. The minimum absolute atomic E-state index is 0.144. The molecule has 0 aromatic heterocycles. The highest BCUT2D eigenvalue weighted by Crippen LogP contribution is 2.20. The molecule has 0 aliphatic carbocycles. The van der Waals surface area contributed by atoms with Crippen molar-refractivity contribution in [3.05, 3.63) is 34.9 Å². The minimum Gasteiger partial charge on any atom is -0.382 e. The Bertz CT molecular complexity index is 359. The van der Waals surface area contributed by atoms with Gasteiger partial charge in [-0.15, -0.1) is 0 Å². The summed E-state index contributed by atoms with van der Waals surface area (Å²) in [7, 11) is 1.63. The van der Waals surface area contributed by atoms with Crippen molar-refractivity contribution in [2.24, 2.45) is 0 Å². The number of nitriles is 1.